The van der Waals surface area contributed by atoms with Crippen molar-refractivity contribution in [2.45, 2.75) is 19.8 Å². The second-order valence-electron chi connectivity index (χ2n) is 4.62. The van der Waals surface area contributed by atoms with Crippen molar-refractivity contribution in [1.82, 2.24) is 9.97 Å². The zero-order chi connectivity index (χ0) is 13.9. The quantitative estimate of drug-likeness (QED) is 0.910. The van der Waals surface area contributed by atoms with Crippen molar-refractivity contribution in [1.29, 1.82) is 0 Å². The molecule has 0 amide bonds. The molecule has 0 spiro atoms. The van der Waals surface area contributed by atoms with E-state index in [9.17, 15) is 4.79 Å². The number of hydrogen-bond donors (Lipinski definition) is 1. The predicted molar refractivity (Wildman–Crippen MR) is 75.3 cm³/mol. The molecule has 2 aromatic rings. The summed E-state index contributed by atoms with van der Waals surface area (Å²) in [6, 6.07) is 5.67. The topological polar surface area (TPSA) is 64.2 Å². The molecule has 0 saturated carbocycles. The molecule has 1 aliphatic heterocycles. The van der Waals surface area contributed by atoms with Gasteiger partial charge >= 0.3 is 0 Å². The maximum Gasteiger partial charge on any atom is 0.254 e. The number of rotatable bonds is 2. The molecule has 2 heterocycles. The van der Waals surface area contributed by atoms with Gasteiger partial charge in [0.15, 0.2) is 11.5 Å². The monoisotopic (exact) mass is 272 g/mol. The van der Waals surface area contributed by atoms with Crippen molar-refractivity contribution in [3.63, 3.8) is 0 Å². The van der Waals surface area contributed by atoms with Crippen LogP contribution in [0.3, 0.4) is 0 Å². The van der Waals surface area contributed by atoms with E-state index in [1.165, 1.54) is 6.33 Å². The first-order chi connectivity index (χ1) is 9.79. The third-order valence-electron chi connectivity index (χ3n) is 3.32. The fourth-order valence-electron chi connectivity index (χ4n) is 2.32. The average Bonchev–Trinajstić information content (AvgIpc) is 2.71. The van der Waals surface area contributed by atoms with Crippen molar-refractivity contribution < 1.29 is 9.47 Å². The molecule has 20 heavy (non-hydrogen) atoms. The smallest absolute Gasteiger partial charge is 0.254 e. The van der Waals surface area contributed by atoms with E-state index in [4.69, 9.17) is 9.47 Å². The fraction of sp³-hybridized carbons (Fsp3) is 0.333. The lowest BCUT2D eigenvalue weighted by molar-refractivity contribution is 0.297. The minimum atomic E-state index is -0.0930. The van der Waals surface area contributed by atoms with E-state index in [0.717, 1.165) is 17.7 Å². The van der Waals surface area contributed by atoms with Gasteiger partial charge in [0.05, 0.1) is 25.2 Å². The molecule has 5 heteroatoms. The summed E-state index contributed by atoms with van der Waals surface area (Å²) >= 11 is 0. The Balaban J connectivity index is 2.09. The van der Waals surface area contributed by atoms with Gasteiger partial charge in [-0.1, -0.05) is 6.92 Å². The van der Waals surface area contributed by atoms with Gasteiger partial charge in [0.2, 0.25) is 0 Å². The van der Waals surface area contributed by atoms with Gasteiger partial charge in [0, 0.05) is 17.5 Å². The molecule has 1 aromatic carbocycles. The number of nitrogens with zero attached hydrogens (tertiary/aromatic N) is 1. The van der Waals surface area contributed by atoms with Crippen LogP contribution in [-0.2, 0) is 6.42 Å². The lowest BCUT2D eigenvalue weighted by Gasteiger charge is -2.10. The summed E-state index contributed by atoms with van der Waals surface area (Å²) in [5, 5.41) is 0. The van der Waals surface area contributed by atoms with Crippen LogP contribution >= 0.6 is 0 Å². The second-order valence-corrected chi connectivity index (χ2v) is 4.62. The molecule has 0 radical (unpaired) electrons. The molecule has 5 nitrogen and oxygen atoms in total. The molecule has 1 aromatic heterocycles. The molecule has 0 atom stereocenters. The van der Waals surface area contributed by atoms with E-state index in [-0.39, 0.29) is 5.56 Å². The van der Waals surface area contributed by atoms with Crippen LogP contribution in [0.2, 0.25) is 0 Å². The third kappa shape index (κ3) is 2.27. The minimum Gasteiger partial charge on any atom is -0.490 e. The van der Waals surface area contributed by atoms with Gasteiger partial charge < -0.3 is 14.5 Å². The maximum absolute atomic E-state index is 11.8. The molecule has 0 unspecified atom stereocenters. The molecule has 104 valence electrons. The summed E-state index contributed by atoms with van der Waals surface area (Å²) in [6.45, 7) is 3.24. The molecular weight excluding hydrogens is 256 g/mol. The highest BCUT2D eigenvalue weighted by Gasteiger charge is 2.14. The molecular formula is C15H16N2O3. The number of benzene rings is 1. The third-order valence-corrected chi connectivity index (χ3v) is 3.32. The number of hydrogen-bond acceptors (Lipinski definition) is 4. The Hall–Kier alpha value is -2.30. The van der Waals surface area contributed by atoms with E-state index in [1.807, 2.05) is 25.1 Å². The summed E-state index contributed by atoms with van der Waals surface area (Å²) in [5.74, 6) is 1.46. The van der Waals surface area contributed by atoms with Crippen molar-refractivity contribution in [3.05, 3.63) is 40.4 Å². The van der Waals surface area contributed by atoms with Crippen LogP contribution in [0.1, 0.15) is 18.9 Å². The lowest BCUT2D eigenvalue weighted by atomic mass is 10.0. The molecule has 0 saturated heterocycles. The lowest BCUT2D eigenvalue weighted by Crippen LogP contribution is -2.14. The van der Waals surface area contributed by atoms with Crippen molar-refractivity contribution in [2.24, 2.45) is 0 Å². The minimum absolute atomic E-state index is 0.0930. The summed E-state index contributed by atoms with van der Waals surface area (Å²) in [4.78, 5) is 18.7. The second kappa shape index (κ2) is 5.36. The number of aromatic nitrogens is 2. The van der Waals surface area contributed by atoms with Gasteiger partial charge in [-0.05, 0) is 24.6 Å². The van der Waals surface area contributed by atoms with Gasteiger partial charge in [-0.25, -0.2) is 4.98 Å². The van der Waals surface area contributed by atoms with Gasteiger partial charge in [-0.15, -0.1) is 0 Å². The van der Waals surface area contributed by atoms with Gasteiger partial charge in [0.25, 0.3) is 5.56 Å². The number of ether oxygens (including phenoxy) is 2. The van der Waals surface area contributed by atoms with E-state index >= 15 is 0 Å². The number of aromatic amines is 1. The average molecular weight is 272 g/mol. The fourth-order valence-corrected chi connectivity index (χ4v) is 2.32. The predicted octanol–water partition coefficient (Wildman–Crippen LogP) is 2.16. The highest BCUT2D eigenvalue weighted by atomic mass is 16.5. The highest BCUT2D eigenvalue weighted by molar-refractivity contribution is 5.66. The van der Waals surface area contributed by atoms with Gasteiger partial charge in [0.1, 0.15) is 0 Å². The molecule has 0 fully saturated rings. The van der Waals surface area contributed by atoms with Crippen LogP contribution in [0.25, 0.3) is 11.3 Å². The molecule has 0 bridgehead atoms. The Labute approximate surface area is 116 Å². The number of fused-ring (bicyclic) bond motifs is 1. The first kappa shape index (κ1) is 12.7. The summed E-state index contributed by atoms with van der Waals surface area (Å²) in [7, 11) is 0. The van der Waals surface area contributed by atoms with Crippen LogP contribution in [0.4, 0.5) is 0 Å². The maximum atomic E-state index is 11.8. The van der Waals surface area contributed by atoms with E-state index in [1.54, 1.807) is 0 Å². The summed E-state index contributed by atoms with van der Waals surface area (Å²) in [5.41, 5.74) is 2.16. The SMILES string of the molecule is CCc1c(-c2ccc3c(c2)OCCCO3)nc[nH]c1=O. The Bertz CT molecular complexity index is 679. The number of H-pyrrole nitrogens is 1. The van der Waals surface area contributed by atoms with Crippen molar-refractivity contribution in [3.8, 4) is 22.8 Å². The molecule has 1 N–H and O–H groups in total. The van der Waals surface area contributed by atoms with Crippen LogP contribution in [0.5, 0.6) is 11.5 Å². The van der Waals surface area contributed by atoms with Crippen LogP contribution < -0.4 is 15.0 Å². The Morgan fingerprint density at radius 2 is 2.05 bits per heavy atom. The normalized spacial score (nSPS) is 13.8. The molecule has 0 aliphatic carbocycles. The van der Waals surface area contributed by atoms with Crippen molar-refractivity contribution in [2.75, 3.05) is 13.2 Å². The first-order valence-corrected chi connectivity index (χ1v) is 6.76. The first-order valence-electron chi connectivity index (χ1n) is 6.76. The van der Waals surface area contributed by atoms with Crippen LogP contribution in [-0.4, -0.2) is 23.2 Å². The van der Waals surface area contributed by atoms with Crippen molar-refractivity contribution >= 4 is 0 Å². The Morgan fingerprint density at radius 3 is 2.85 bits per heavy atom. The summed E-state index contributed by atoms with van der Waals surface area (Å²) in [6.07, 6.45) is 2.93. The van der Waals surface area contributed by atoms with E-state index in [2.05, 4.69) is 9.97 Å². The standard InChI is InChI=1S/C15H16N2O3/c1-2-11-14(16-9-17-15(11)18)10-4-5-12-13(8-10)20-7-3-6-19-12/h4-5,8-9H,2-3,6-7H2,1H3,(H,16,17,18). The Morgan fingerprint density at radius 1 is 1.25 bits per heavy atom. The zero-order valence-electron chi connectivity index (χ0n) is 11.3. The molecule has 3 rings (SSSR count). The highest BCUT2D eigenvalue weighted by Crippen LogP contribution is 2.34. The van der Waals surface area contributed by atoms with Crippen LogP contribution in [0, 0.1) is 0 Å². The van der Waals surface area contributed by atoms with E-state index < -0.39 is 0 Å². The Kier molecular flexibility index (Phi) is 3.41. The van der Waals surface area contributed by atoms with Crippen LogP contribution in [0.15, 0.2) is 29.3 Å². The molecule has 1 aliphatic rings. The largest absolute Gasteiger partial charge is 0.490 e. The summed E-state index contributed by atoms with van der Waals surface area (Å²) < 4.78 is 11.3. The van der Waals surface area contributed by atoms with Gasteiger partial charge in [-0.2, -0.15) is 0 Å². The van der Waals surface area contributed by atoms with Gasteiger partial charge in [-0.3, -0.25) is 4.79 Å². The number of nitrogens with one attached hydrogen (secondary N) is 1. The zero-order valence-corrected chi connectivity index (χ0v) is 11.3. The van der Waals surface area contributed by atoms with E-state index in [0.29, 0.717) is 36.6 Å².